The largest absolute Gasteiger partial charge is 0.396 e. The monoisotopic (exact) mass is 410 g/mol. The van der Waals surface area contributed by atoms with Gasteiger partial charge in [0, 0.05) is 11.0 Å². The fourth-order valence-corrected chi connectivity index (χ4v) is 6.90. The van der Waals surface area contributed by atoms with Crippen molar-refractivity contribution in [2.24, 2.45) is 11.8 Å². The van der Waals surface area contributed by atoms with Crippen molar-refractivity contribution in [3.63, 3.8) is 0 Å². The zero-order valence-electron chi connectivity index (χ0n) is 10.1. The van der Waals surface area contributed by atoms with Crippen LogP contribution >= 0.6 is 22.6 Å². The lowest BCUT2D eigenvalue weighted by atomic mass is 10.1. The predicted octanol–water partition coefficient (Wildman–Crippen LogP) is 0.270. The highest BCUT2D eigenvalue weighted by atomic mass is 127. The fourth-order valence-electron chi connectivity index (χ4n) is 2.01. The highest BCUT2D eigenvalue weighted by Crippen LogP contribution is 2.19. The average Bonchev–Trinajstić information content (AvgIpc) is 2.81. The standard InChI is InChI=1S/C5H9IO2S.C5H10O3S/c2*6-3-5-1-2-9(7,8)4-5/h5H,1-4H2;5-6H,1-4H2. The van der Waals surface area contributed by atoms with Crippen LogP contribution < -0.4 is 0 Å². The topological polar surface area (TPSA) is 88.5 Å². The van der Waals surface area contributed by atoms with Gasteiger partial charge in [-0.25, -0.2) is 16.8 Å². The van der Waals surface area contributed by atoms with E-state index in [0.29, 0.717) is 23.8 Å². The van der Waals surface area contributed by atoms with Crippen LogP contribution in [-0.4, -0.2) is 56.0 Å². The molecule has 2 aliphatic rings. The molecule has 0 amide bonds. The molecule has 8 heteroatoms. The Morgan fingerprint density at radius 1 is 0.944 bits per heavy atom. The molecule has 2 aliphatic heterocycles. The molecule has 5 nitrogen and oxygen atoms in total. The molecule has 2 atom stereocenters. The molecule has 0 aromatic carbocycles. The molecular formula is C10H19IO5S2. The summed E-state index contributed by atoms with van der Waals surface area (Å²) in [7, 11) is -5.38. The van der Waals surface area contributed by atoms with E-state index in [1.54, 1.807) is 0 Å². The van der Waals surface area contributed by atoms with Crippen molar-refractivity contribution in [2.75, 3.05) is 34.0 Å². The third-order valence-corrected chi connectivity index (χ3v) is 8.05. The van der Waals surface area contributed by atoms with Gasteiger partial charge in [-0.1, -0.05) is 22.6 Å². The van der Waals surface area contributed by atoms with Crippen LogP contribution in [0.2, 0.25) is 0 Å². The molecule has 0 saturated carbocycles. The lowest BCUT2D eigenvalue weighted by Gasteiger charge is -1.97. The van der Waals surface area contributed by atoms with E-state index in [4.69, 9.17) is 5.11 Å². The van der Waals surface area contributed by atoms with Gasteiger partial charge < -0.3 is 5.11 Å². The van der Waals surface area contributed by atoms with Gasteiger partial charge in [-0.05, 0) is 24.7 Å². The maximum absolute atomic E-state index is 10.8. The van der Waals surface area contributed by atoms with E-state index in [9.17, 15) is 16.8 Å². The Kier molecular flexibility index (Phi) is 6.33. The SMILES string of the molecule is O=S1(=O)CCC(CI)C1.O=S1(=O)CCC(CO)C1. The summed E-state index contributed by atoms with van der Waals surface area (Å²) in [5.41, 5.74) is 0. The number of aliphatic hydroxyl groups excluding tert-OH is 1. The summed E-state index contributed by atoms with van der Waals surface area (Å²) in [6.07, 6.45) is 1.52. The molecule has 0 aromatic rings. The second kappa shape index (κ2) is 6.85. The van der Waals surface area contributed by atoms with Crippen LogP contribution in [0.15, 0.2) is 0 Å². The molecule has 0 aliphatic carbocycles. The Balaban J connectivity index is 0.000000180. The molecule has 108 valence electrons. The van der Waals surface area contributed by atoms with Gasteiger partial charge in [0.1, 0.15) is 0 Å². The number of sulfone groups is 2. The molecule has 2 unspecified atom stereocenters. The van der Waals surface area contributed by atoms with Crippen molar-refractivity contribution in [3.8, 4) is 0 Å². The highest BCUT2D eigenvalue weighted by Gasteiger charge is 2.27. The minimum Gasteiger partial charge on any atom is -0.396 e. The van der Waals surface area contributed by atoms with Crippen LogP contribution in [0.5, 0.6) is 0 Å². The molecule has 0 spiro atoms. The van der Waals surface area contributed by atoms with Crippen LogP contribution in [0.1, 0.15) is 12.8 Å². The van der Waals surface area contributed by atoms with E-state index in [-0.39, 0.29) is 24.0 Å². The number of aliphatic hydroxyl groups is 1. The molecule has 18 heavy (non-hydrogen) atoms. The van der Waals surface area contributed by atoms with Crippen LogP contribution in [0.3, 0.4) is 0 Å². The van der Waals surface area contributed by atoms with Crippen molar-refractivity contribution in [1.82, 2.24) is 0 Å². The Labute approximate surface area is 122 Å². The Bertz CT molecular complexity index is 413. The number of alkyl halides is 1. The first-order chi connectivity index (χ1) is 8.28. The van der Waals surface area contributed by atoms with Crippen molar-refractivity contribution >= 4 is 42.3 Å². The van der Waals surface area contributed by atoms with Crippen molar-refractivity contribution in [2.45, 2.75) is 12.8 Å². The Morgan fingerprint density at radius 3 is 1.56 bits per heavy atom. The molecule has 2 heterocycles. The summed E-state index contributed by atoms with van der Waals surface area (Å²) < 4.78 is 44.0. The van der Waals surface area contributed by atoms with Gasteiger partial charge >= 0.3 is 0 Å². The molecule has 0 radical (unpaired) electrons. The van der Waals surface area contributed by atoms with Gasteiger partial charge in [-0.3, -0.25) is 0 Å². The summed E-state index contributed by atoms with van der Waals surface area (Å²) in [6.45, 7) is 0.0131. The first-order valence-corrected chi connectivity index (χ1v) is 11.0. The third-order valence-electron chi connectivity index (χ3n) is 3.13. The quantitative estimate of drug-likeness (QED) is 0.522. The first kappa shape index (κ1) is 16.6. The van der Waals surface area contributed by atoms with E-state index < -0.39 is 19.7 Å². The molecular weight excluding hydrogens is 391 g/mol. The van der Waals surface area contributed by atoms with Crippen molar-refractivity contribution < 1.29 is 21.9 Å². The number of hydrogen-bond donors (Lipinski definition) is 1. The lowest BCUT2D eigenvalue weighted by Crippen LogP contribution is -2.07. The minimum absolute atomic E-state index is 0.00926. The maximum atomic E-state index is 10.8. The average molecular weight is 410 g/mol. The normalized spacial score (nSPS) is 32.8. The van der Waals surface area contributed by atoms with E-state index in [0.717, 1.165) is 10.8 Å². The second-order valence-electron chi connectivity index (χ2n) is 4.88. The van der Waals surface area contributed by atoms with Crippen molar-refractivity contribution in [3.05, 3.63) is 0 Å². The van der Waals surface area contributed by atoms with Gasteiger partial charge in [0.2, 0.25) is 0 Å². The number of hydrogen-bond acceptors (Lipinski definition) is 5. The summed E-state index contributed by atoms with van der Waals surface area (Å²) in [5.74, 6) is 1.74. The van der Waals surface area contributed by atoms with Gasteiger partial charge in [0.15, 0.2) is 19.7 Å². The van der Waals surface area contributed by atoms with E-state index in [2.05, 4.69) is 22.6 Å². The van der Waals surface area contributed by atoms with E-state index in [1.807, 2.05) is 0 Å². The number of halogens is 1. The van der Waals surface area contributed by atoms with Gasteiger partial charge in [-0.15, -0.1) is 0 Å². The molecule has 2 fully saturated rings. The number of rotatable bonds is 2. The van der Waals surface area contributed by atoms with E-state index in [1.165, 1.54) is 0 Å². The molecule has 0 aromatic heterocycles. The molecule has 2 saturated heterocycles. The summed E-state index contributed by atoms with van der Waals surface area (Å²) >= 11 is 2.24. The van der Waals surface area contributed by atoms with Gasteiger partial charge in [0.05, 0.1) is 23.0 Å². The zero-order chi connectivity index (χ0) is 13.8. The maximum Gasteiger partial charge on any atom is 0.150 e. The van der Waals surface area contributed by atoms with E-state index >= 15 is 0 Å². The minimum atomic E-state index is -2.77. The van der Waals surface area contributed by atoms with Crippen LogP contribution in [-0.2, 0) is 19.7 Å². The van der Waals surface area contributed by atoms with Crippen LogP contribution in [0.25, 0.3) is 0 Å². The lowest BCUT2D eigenvalue weighted by molar-refractivity contribution is 0.241. The van der Waals surface area contributed by atoms with Gasteiger partial charge in [0.25, 0.3) is 0 Å². The summed E-state index contributed by atoms with van der Waals surface area (Å²) in [6, 6.07) is 0. The van der Waals surface area contributed by atoms with Crippen molar-refractivity contribution in [1.29, 1.82) is 0 Å². The smallest absolute Gasteiger partial charge is 0.150 e. The molecule has 2 rings (SSSR count). The zero-order valence-corrected chi connectivity index (χ0v) is 13.9. The third kappa shape index (κ3) is 5.70. The van der Waals surface area contributed by atoms with Crippen LogP contribution in [0, 0.1) is 11.8 Å². The summed E-state index contributed by atoms with van der Waals surface area (Å²) in [4.78, 5) is 0. The van der Waals surface area contributed by atoms with Crippen LogP contribution in [0.4, 0.5) is 0 Å². The molecule has 1 N–H and O–H groups in total. The summed E-state index contributed by atoms with van der Waals surface area (Å²) in [5, 5.41) is 8.53. The Hall–Kier alpha value is 0.590. The Morgan fingerprint density at radius 2 is 1.39 bits per heavy atom. The fraction of sp³-hybridized carbons (Fsp3) is 1.00. The highest BCUT2D eigenvalue weighted by molar-refractivity contribution is 14.1. The first-order valence-electron chi connectivity index (χ1n) is 5.85. The predicted molar refractivity (Wildman–Crippen MR) is 79.5 cm³/mol. The second-order valence-corrected chi connectivity index (χ2v) is 10.2. The molecule has 0 bridgehead atoms. The van der Waals surface area contributed by atoms with Gasteiger partial charge in [-0.2, -0.15) is 0 Å².